The van der Waals surface area contributed by atoms with Crippen molar-refractivity contribution in [1.82, 2.24) is 14.7 Å². The number of carbonyl (C=O) groups excluding carboxylic acids is 2. The number of ether oxygens (including phenoxy) is 2. The van der Waals surface area contributed by atoms with Crippen molar-refractivity contribution in [3.05, 3.63) is 0 Å². The van der Waals surface area contributed by atoms with Crippen LogP contribution in [0.4, 0.5) is 0 Å². The van der Waals surface area contributed by atoms with E-state index in [0.717, 1.165) is 58.2 Å². The third kappa shape index (κ3) is 52.7. The average Bonchev–Trinajstić information content (AvgIpc) is 3.64. The zero-order chi connectivity index (χ0) is 60.7. The van der Waals surface area contributed by atoms with Gasteiger partial charge in [0.2, 0.25) is 0 Å². The molecule has 0 heterocycles. The molecule has 0 aromatic rings. The van der Waals surface area contributed by atoms with Crippen LogP contribution >= 0.6 is 0 Å². The van der Waals surface area contributed by atoms with Crippen LogP contribution in [-0.2, 0) is 19.1 Å². The first-order valence-corrected chi connectivity index (χ1v) is 38.9. The number of rotatable bonds is 68. The largest absolute Gasteiger partial charge is 0.465 e. The summed E-state index contributed by atoms with van der Waals surface area (Å²) in [6.45, 7) is 25.1. The van der Waals surface area contributed by atoms with E-state index < -0.39 is 0 Å². The van der Waals surface area contributed by atoms with Crippen molar-refractivity contribution in [3.63, 3.8) is 0 Å². The third-order valence-corrected chi connectivity index (χ3v) is 19.3. The molecule has 7 nitrogen and oxygen atoms in total. The first-order valence-electron chi connectivity index (χ1n) is 38.9. The van der Waals surface area contributed by atoms with Crippen LogP contribution in [-0.4, -0.2) is 98.8 Å². The summed E-state index contributed by atoms with van der Waals surface area (Å²) in [6, 6.07) is 0. The Hall–Kier alpha value is -1.18. The predicted octanol–water partition coefficient (Wildman–Crippen LogP) is 23.4. The van der Waals surface area contributed by atoms with Crippen LogP contribution in [0.5, 0.6) is 0 Å². The van der Waals surface area contributed by atoms with Crippen molar-refractivity contribution >= 4 is 11.9 Å². The van der Waals surface area contributed by atoms with Gasteiger partial charge in [0.1, 0.15) is 0 Å². The lowest BCUT2D eigenvalue weighted by Gasteiger charge is -2.33. The van der Waals surface area contributed by atoms with Crippen molar-refractivity contribution in [1.29, 1.82) is 0 Å². The molecule has 0 aromatic heterocycles. The summed E-state index contributed by atoms with van der Waals surface area (Å²) in [5.41, 5.74) is 0. The smallest absolute Gasteiger partial charge is 0.308 e. The second-order valence-corrected chi connectivity index (χ2v) is 27.5. The molecule has 0 aromatic carbocycles. The Morgan fingerprint density at radius 1 is 0.250 bits per heavy atom. The molecular formula is C77H153N3O4. The van der Waals surface area contributed by atoms with Gasteiger partial charge in [-0.25, -0.2) is 0 Å². The molecule has 0 saturated heterocycles. The van der Waals surface area contributed by atoms with Crippen LogP contribution in [0.1, 0.15) is 395 Å². The lowest BCUT2D eigenvalue weighted by molar-refractivity contribution is -0.156. The minimum atomic E-state index is -0.216. The molecule has 0 bridgehead atoms. The molecule has 0 N–H and O–H groups in total. The summed E-state index contributed by atoms with van der Waals surface area (Å²) in [5, 5.41) is 0. The minimum Gasteiger partial charge on any atom is -0.465 e. The average molecular weight is 1190 g/mol. The highest BCUT2D eigenvalue weighted by Gasteiger charge is 2.37. The number of carbonyl (C=O) groups is 2. The maximum atomic E-state index is 14.2. The highest BCUT2D eigenvalue weighted by atomic mass is 16.5. The number of unbranched alkanes of at least 4 members (excludes halogenated alkanes) is 42. The van der Waals surface area contributed by atoms with E-state index in [2.05, 4.69) is 56.2 Å². The SMILES string of the molecule is CCCCCCCCCCN(CCCCCCCCCC)CCCOC(=O)C1CC(CCCN(CCCCCCCCCC)CCCCCCCCCC)CC(C(=O)OCCCN(CCCCCCCCCC)CCCCCCCCCC)C1. The minimum absolute atomic E-state index is 0.0567. The first kappa shape index (κ1) is 80.8. The molecule has 500 valence electrons. The highest BCUT2D eigenvalue weighted by molar-refractivity contribution is 5.76. The lowest BCUT2D eigenvalue weighted by atomic mass is 9.73. The summed E-state index contributed by atoms with van der Waals surface area (Å²) in [6.07, 6.45) is 71.4. The van der Waals surface area contributed by atoms with E-state index in [1.807, 2.05) is 0 Å². The predicted molar refractivity (Wildman–Crippen MR) is 370 cm³/mol. The summed E-state index contributed by atoms with van der Waals surface area (Å²) < 4.78 is 12.5. The molecule has 0 aliphatic heterocycles. The van der Waals surface area contributed by atoms with Gasteiger partial charge in [-0.15, -0.1) is 0 Å². The number of esters is 2. The summed E-state index contributed by atoms with van der Waals surface area (Å²) in [7, 11) is 0. The van der Waals surface area contributed by atoms with Gasteiger partial charge in [0, 0.05) is 13.1 Å². The second kappa shape index (κ2) is 64.8. The molecule has 1 aliphatic rings. The van der Waals surface area contributed by atoms with E-state index in [1.54, 1.807) is 0 Å². The Kier molecular flexibility index (Phi) is 62.4. The molecule has 1 rings (SSSR count). The van der Waals surface area contributed by atoms with Crippen molar-refractivity contribution in [2.45, 2.75) is 395 Å². The lowest BCUT2D eigenvalue weighted by Crippen LogP contribution is -2.35. The van der Waals surface area contributed by atoms with Gasteiger partial charge < -0.3 is 24.2 Å². The van der Waals surface area contributed by atoms with Gasteiger partial charge in [0.15, 0.2) is 0 Å². The Bertz CT molecular complexity index is 1200. The van der Waals surface area contributed by atoms with Gasteiger partial charge >= 0.3 is 11.9 Å². The standard InChI is InChI=1S/C77H153N3O4/c1-7-13-19-25-31-37-43-49-59-78(60-50-44-38-32-26-20-14-8-2)65-55-58-73-70-74(76(81)83-68-56-66-79(61-51-45-39-33-27-21-15-9-3)62-52-46-40-34-28-22-16-10-4)72-75(71-73)77(82)84-69-57-67-80(63-53-47-41-35-29-23-17-11-5)64-54-48-42-36-30-24-18-12-6/h73-75H,7-72H2,1-6H3. The molecular weight excluding hydrogens is 1030 g/mol. The quantitative estimate of drug-likeness (QED) is 0.0444. The highest BCUT2D eigenvalue weighted by Crippen LogP contribution is 2.37. The zero-order valence-electron chi connectivity index (χ0n) is 58.4. The van der Waals surface area contributed by atoms with Crippen LogP contribution < -0.4 is 0 Å². The van der Waals surface area contributed by atoms with E-state index in [-0.39, 0.29) is 23.8 Å². The fourth-order valence-corrected chi connectivity index (χ4v) is 13.6. The summed E-state index contributed by atoms with van der Waals surface area (Å²) >= 11 is 0. The number of hydrogen-bond acceptors (Lipinski definition) is 7. The van der Waals surface area contributed by atoms with Gasteiger partial charge in [-0.2, -0.15) is 0 Å². The topological polar surface area (TPSA) is 62.3 Å². The number of hydrogen-bond donors (Lipinski definition) is 0. The van der Waals surface area contributed by atoms with Crippen molar-refractivity contribution in [3.8, 4) is 0 Å². The third-order valence-electron chi connectivity index (χ3n) is 19.3. The monoisotopic (exact) mass is 1180 g/mol. The molecule has 0 amide bonds. The number of nitrogens with zero attached hydrogens (tertiary/aromatic N) is 3. The van der Waals surface area contributed by atoms with Gasteiger partial charge in [0.05, 0.1) is 25.0 Å². The van der Waals surface area contributed by atoms with Gasteiger partial charge in [-0.1, -0.05) is 311 Å². The molecule has 0 radical (unpaired) electrons. The zero-order valence-corrected chi connectivity index (χ0v) is 58.4. The molecule has 1 saturated carbocycles. The van der Waals surface area contributed by atoms with Crippen LogP contribution in [0.15, 0.2) is 0 Å². The van der Waals surface area contributed by atoms with Crippen LogP contribution in [0.2, 0.25) is 0 Å². The summed E-state index contributed by atoms with van der Waals surface area (Å²) in [5.74, 6) is -0.194. The fraction of sp³-hybridized carbons (Fsp3) is 0.974. The van der Waals surface area contributed by atoms with E-state index in [0.29, 0.717) is 25.6 Å². The maximum absolute atomic E-state index is 14.2. The van der Waals surface area contributed by atoms with Crippen molar-refractivity contribution in [2.24, 2.45) is 17.8 Å². The van der Waals surface area contributed by atoms with Crippen LogP contribution in [0, 0.1) is 17.8 Å². The van der Waals surface area contributed by atoms with Gasteiger partial charge in [-0.3, -0.25) is 9.59 Å². The molecule has 1 fully saturated rings. The van der Waals surface area contributed by atoms with E-state index in [1.165, 1.54) is 347 Å². The molecule has 84 heavy (non-hydrogen) atoms. The molecule has 0 spiro atoms. The summed E-state index contributed by atoms with van der Waals surface area (Å²) in [4.78, 5) is 36.6. The van der Waals surface area contributed by atoms with E-state index >= 15 is 0 Å². The molecule has 2 atom stereocenters. The Labute approximate surface area is 527 Å². The van der Waals surface area contributed by atoms with Crippen molar-refractivity contribution < 1.29 is 19.1 Å². The molecule has 1 aliphatic carbocycles. The maximum Gasteiger partial charge on any atom is 0.308 e. The van der Waals surface area contributed by atoms with E-state index in [9.17, 15) is 9.59 Å². The molecule has 2 unspecified atom stereocenters. The van der Waals surface area contributed by atoms with Gasteiger partial charge in [0.25, 0.3) is 0 Å². The normalized spacial score (nSPS) is 15.6. The van der Waals surface area contributed by atoms with Crippen molar-refractivity contribution in [2.75, 3.05) is 72.1 Å². The van der Waals surface area contributed by atoms with Crippen LogP contribution in [0.3, 0.4) is 0 Å². The Morgan fingerprint density at radius 3 is 0.667 bits per heavy atom. The molecule has 7 heteroatoms. The fourth-order valence-electron chi connectivity index (χ4n) is 13.6. The second-order valence-electron chi connectivity index (χ2n) is 27.5. The van der Waals surface area contributed by atoms with E-state index in [4.69, 9.17) is 9.47 Å². The van der Waals surface area contributed by atoms with Crippen LogP contribution in [0.25, 0.3) is 0 Å². The first-order chi connectivity index (χ1) is 41.4. The Balaban J connectivity index is 3.03. The Morgan fingerprint density at radius 2 is 0.440 bits per heavy atom. The van der Waals surface area contributed by atoms with Gasteiger partial charge in [-0.05, 0) is 135 Å².